The van der Waals surface area contributed by atoms with Crippen LogP contribution in [0.1, 0.15) is 10.4 Å². The lowest BCUT2D eigenvalue weighted by atomic mass is 10.2. The lowest BCUT2D eigenvalue weighted by Gasteiger charge is -1.94. The number of hydrogen-bond acceptors (Lipinski definition) is 3. The predicted octanol–water partition coefficient (Wildman–Crippen LogP) is 2.59. The van der Waals surface area contributed by atoms with Crippen LogP contribution in [0.4, 0.5) is 5.69 Å². The summed E-state index contributed by atoms with van der Waals surface area (Å²) in [6.45, 7) is 0. The Morgan fingerprint density at radius 1 is 1.46 bits per heavy atom. The van der Waals surface area contributed by atoms with E-state index < -0.39 is 4.92 Å². The minimum atomic E-state index is -0.589. The van der Waals surface area contributed by atoms with Gasteiger partial charge >= 0.3 is 0 Å². The van der Waals surface area contributed by atoms with Gasteiger partial charge in [-0.3, -0.25) is 14.9 Å². The zero-order valence-electron chi connectivity index (χ0n) is 6.27. The van der Waals surface area contributed by atoms with Crippen LogP contribution in [0.25, 0.3) is 0 Å². The van der Waals surface area contributed by atoms with E-state index in [1.54, 1.807) is 6.07 Å². The second kappa shape index (κ2) is 4.94. The first kappa shape index (κ1) is 12.1. The molecule has 0 aliphatic carbocycles. The van der Waals surface area contributed by atoms with Crippen molar-refractivity contribution in [1.29, 1.82) is 0 Å². The van der Waals surface area contributed by atoms with Gasteiger partial charge in [0.05, 0.1) is 10.5 Å². The highest BCUT2D eigenvalue weighted by molar-refractivity contribution is 9.10. The third-order valence-corrected chi connectivity index (χ3v) is 1.81. The van der Waals surface area contributed by atoms with Crippen LogP contribution in [0, 0.1) is 10.1 Å². The molecule has 0 heterocycles. The minimum absolute atomic E-state index is 0. The van der Waals surface area contributed by atoms with Crippen molar-refractivity contribution in [3.63, 3.8) is 0 Å². The highest BCUT2D eigenvalue weighted by Crippen LogP contribution is 2.21. The summed E-state index contributed by atoms with van der Waals surface area (Å²) in [5.41, 5.74) is -0.0948. The number of benzene rings is 1. The van der Waals surface area contributed by atoms with Crippen LogP contribution >= 0.6 is 28.3 Å². The largest absolute Gasteiger partial charge is 0.298 e. The van der Waals surface area contributed by atoms with Crippen molar-refractivity contribution in [3.8, 4) is 0 Å². The van der Waals surface area contributed by atoms with Crippen molar-refractivity contribution in [2.75, 3.05) is 0 Å². The Kier molecular flexibility index (Phi) is 4.58. The van der Waals surface area contributed by atoms with E-state index >= 15 is 0 Å². The van der Waals surface area contributed by atoms with Gasteiger partial charge in [0.1, 0.15) is 0 Å². The van der Waals surface area contributed by atoms with E-state index in [0.717, 1.165) is 0 Å². The van der Waals surface area contributed by atoms with Gasteiger partial charge in [0, 0.05) is 10.5 Å². The molecule has 1 aromatic carbocycles. The van der Waals surface area contributed by atoms with Gasteiger partial charge in [0.15, 0.2) is 6.29 Å². The van der Waals surface area contributed by atoms with Gasteiger partial charge in [-0.05, 0) is 12.1 Å². The van der Waals surface area contributed by atoms with Gasteiger partial charge in [0.25, 0.3) is 5.69 Å². The molecule has 0 fully saturated rings. The maximum absolute atomic E-state index is 10.4. The number of aldehydes is 1. The van der Waals surface area contributed by atoms with Gasteiger partial charge in [-0.2, -0.15) is 0 Å². The van der Waals surface area contributed by atoms with Gasteiger partial charge in [-0.25, -0.2) is 0 Å². The van der Waals surface area contributed by atoms with E-state index in [2.05, 4.69) is 15.9 Å². The smallest absolute Gasteiger partial charge is 0.281 e. The maximum Gasteiger partial charge on any atom is 0.281 e. The molecule has 0 aromatic heterocycles. The topological polar surface area (TPSA) is 60.2 Å². The molecule has 0 aliphatic heterocycles. The fourth-order valence-electron chi connectivity index (χ4n) is 0.775. The molecule has 1 aromatic rings. The molecule has 4 nitrogen and oxygen atoms in total. The van der Waals surface area contributed by atoms with Crippen molar-refractivity contribution in [1.82, 2.24) is 0 Å². The number of nitro groups is 1. The van der Waals surface area contributed by atoms with Crippen molar-refractivity contribution < 1.29 is 9.72 Å². The number of nitrogens with zero attached hydrogens (tertiary/aromatic N) is 1. The van der Waals surface area contributed by atoms with E-state index in [9.17, 15) is 14.9 Å². The average Bonchev–Trinajstić information content (AvgIpc) is 2.04. The molecule has 1 rings (SSSR count). The number of carbonyl (C=O) groups excluding carboxylic acids is 1. The zero-order valence-corrected chi connectivity index (χ0v) is 8.67. The molecule has 70 valence electrons. The van der Waals surface area contributed by atoms with Crippen molar-refractivity contribution >= 4 is 40.3 Å². The highest BCUT2D eigenvalue weighted by atomic mass is 79.9. The van der Waals surface area contributed by atoms with E-state index in [4.69, 9.17) is 0 Å². The van der Waals surface area contributed by atoms with E-state index in [1.807, 2.05) is 0 Å². The van der Waals surface area contributed by atoms with E-state index in [-0.39, 0.29) is 23.7 Å². The monoisotopic (exact) mass is 265 g/mol. The Balaban J connectivity index is 0.00000144. The quantitative estimate of drug-likeness (QED) is 0.469. The summed E-state index contributed by atoms with van der Waals surface area (Å²) in [5.74, 6) is 0. The number of hydrogen-bond donors (Lipinski definition) is 0. The van der Waals surface area contributed by atoms with Crippen molar-refractivity contribution in [3.05, 3.63) is 38.3 Å². The summed E-state index contributed by atoms with van der Waals surface area (Å²) in [6, 6.07) is 4.27. The number of nitro benzene ring substituents is 1. The van der Waals surface area contributed by atoms with Crippen LogP contribution in [-0.2, 0) is 0 Å². The first-order valence-corrected chi connectivity index (χ1v) is 3.83. The second-order valence-corrected chi connectivity index (χ2v) is 2.99. The molecular formula is C7H5BrClNO3. The lowest BCUT2D eigenvalue weighted by molar-refractivity contribution is -0.385. The minimum Gasteiger partial charge on any atom is -0.298 e. The Morgan fingerprint density at radius 3 is 2.54 bits per heavy atom. The third-order valence-electron chi connectivity index (χ3n) is 1.32. The lowest BCUT2D eigenvalue weighted by Crippen LogP contribution is -1.93. The van der Waals surface area contributed by atoms with Gasteiger partial charge in [-0.1, -0.05) is 15.9 Å². The molecule has 0 N–H and O–H groups in total. The molecule has 0 amide bonds. The van der Waals surface area contributed by atoms with Crippen LogP contribution in [-0.4, -0.2) is 11.2 Å². The van der Waals surface area contributed by atoms with E-state index in [0.29, 0.717) is 10.8 Å². The first-order chi connectivity index (χ1) is 5.65. The molecule has 0 spiro atoms. The Hall–Kier alpha value is -0.940. The normalized spacial score (nSPS) is 8.69. The molecule has 0 saturated heterocycles. The van der Waals surface area contributed by atoms with Crippen molar-refractivity contribution in [2.45, 2.75) is 0 Å². The van der Waals surface area contributed by atoms with Crippen LogP contribution in [0.2, 0.25) is 0 Å². The third kappa shape index (κ3) is 2.78. The fourth-order valence-corrected chi connectivity index (χ4v) is 1.12. The summed E-state index contributed by atoms with van der Waals surface area (Å²) in [7, 11) is 0. The van der Waals surface area contributed by atoms with Gasteiger partial charge in [0.2, 0.25) is 0 Å². The van der Waals surface area contributed by atoms with Gasteiger partial charge < -0.3 is 0 Å². The highest BCUT2D eigenvalue weighted by Gasteiger charge is 2.12. The number of carbonyl (C=O) groups is 1. The number of rotatable bonds is 2. The second-order valence-electron chi connectivity index (χ2n) is 2.08. The van der Waals surface area contributed by atoms with Crippen molar-refractivity contribution in [2.24, 2.45) is 0 Å². The summed E-state index contributed by atoms with van der Waals surface area (Å²) >= 11 is 3.07. The summed E-state index contributed by atoms with van der Waals surface area (Å²) < 4.78 is 0.583. The fraction of sp³-hybridized carbons (Fsp3) is 0. The molecule has 0 radical (unpaired) electrons. The molecule has 0 bridgehead atoms. The Bertz CT molecular complexity index is 343. The first-order valence-electron chi connectivity index (χ1n) is 3.04. The predicted molar refractivity (Wildman–Crippen MR) is 53.4 cm³/mol. The summed E-state index contributed by atoms with van der Waals surface area (Å²) in [4.78, 5) is 20.1. The molecular weight excluding hydrogens is 261 g/mol. The molecule has 0 atom stereocenters. The van der Waals surface area contributed by atoms with Crippen LogP contribution in [0.15, 0.2) is 22.7 Å². The zero-order chi connectivity index (χ0) is 9.14. The average molecular weight is 266 g/mol. The van der Waals surface area contributed by atoms with Gasteiger partial charge in [-0.15, -0.1) is 12.4 Å². The standard InChI is InChI=1S/C7H4BrNO3.ClH/c8-6-2-1-5(4-10)7(3-6)9(11)12;/h1-4H;1H. The van der Waals surface area contributed by atoms with Crippen LogP contribution in [0.3, 0.4) is 0 Å². The molecule has 6 heteroatoms. The van der Waals surface area contributed by atoms with Crippen LogP contribution in [0.5, 0.6) is 0 Å². The summed E-state index contributed by atoms with van der Waals surface area (Å²) in [6.07, 6.45) is 0.463. The molecule has 0 aliphatic rings. The Morgan fingerprint density at radius 2 is 2.08 bits per heavy atom. The SMILES string of the molecule is Cl.O=Cc1ccc(Br)cc1[N+](=O)[O-]. The molecule has 0 unspecified atom stereocenters. The summed E-state index contributed by atoms with van der Waals surface area (Å²) in [5, 5.41) is 10.4. The van der Waals surface area contributed by atoms with E-state index in [1.165, 1.54) is 12.1 Å². The van der Waals surface area contributed by atoms with Crippen LogP contribution < -0.4 is 0 Å². The number of halogens is 2. The maximum atomic E-state index is 10.4. The molecule has 0 saturated carbocycles. The Labute approximate surface area is 88.6 Å². The molecule has 13 heavy (non-hydrogen) atoms.